The summed E-state index contributed by atoms with van der Waals surface area (Å²) in [6.45, 7) is 3.82. The number of anilines is 1. The smallest absolute Gasteiger partial charge is 0.387 e. The molecule has 1 heterocycles. The molecule has 2 aromatic rings. The van der Waals surface area contributed by atoms with E-state index in [0.29, 0.717) is 24.3 Å². The highest BCUT2D eigenvalue weighted by Crippen LogP contribution is 2.27. The van der Waals surface area contributed by atoms with Crippen molar-refractivity contribution in [2.45, 2.75) is 26.5 Å². The molecule has 1 aliphatic rings. The molecule has 28 heavy (non-hydrogen) atoms. The van der Waals surface area contributed by atoms with Gasteiger partial charge in [0.05, 0.1) is 19.3 Å². The lowest BCUT2D eigenvalue weighted by atomic mass is 10.0. The van der Waals surface area contributed by atoms with Gasteiger partial charge in [-0.3, -0.25) is 4.79 Å². The van der Waals surface area contributed by atoms with Crippen LogP contribution in [0.1, 0.15) is 34.5 Å². The van der Waals surface area contributed by atoms with Gasteiger partial charge < -0.3 is 19.7 Å². The van der Waals surface area contributed by atoms with Gasteiger partial charge >= 0.3 is 6.61 Å². The van der Waals surface area contributed by atoms with Crippen molar-refractivity contribution >= 4 is 11.6 Å². The van der Waals surface area contributed by atoms with E-state index in [0.717, 1.165) is 24.3 Å². The summed E-state index contributed by atoms with van der Waals surface area (Å²) >= 11 is 0. The number of ether oxygens (including phenoxy) is 2. The maximum absolute atomic E-state index is 12.7. The molecule has 1 aliphatic heterocycles. The minimum Gasteiger partial charge on any atom is -0.434 e. The first kappa shape index (κ1) is 20.1. The summed E-state index contributed by atoms with van der Waals surface area (Å²) in [5.41, 5.74) is 3.11. The Kier molecular flexibility index (Phi) is 6.46. The number of hydrogen-bond acceptors (Lipinski definition) is 4. The average Bonchev–Trinajstić information content (AvgIpc) is 2.68. The van der Waals surface area contributed by atoms with Crippen LogP contribution in [0.5, 0.6) is 5.75 Å². The molecule has 150 valence electrons. The predicted octanol–water partition coefficient (Wildman–Crippen LogP) is 3.92. The van der Waals surface area contributed by atoms with Gasteiger partial charge in [-0.1, -0.05) is 18.2 Å². The van der Waals surface area contributed by atoms with Crippen LogP contribution in [0.2, 0.25) is 0 Å². The molecule has 1 atom stereocenters. The van der Waals surface area contributed by atoms with Crippen LogP contribution in [-0.2, 0) is 4.74 Å². The number of para-hydroxylation sites is 1. The number of benzene rings is 2. The molecule has 0 bridgehead atoms. The second-order valence-corrected chi connectivity index (χ2v) is 6.71. The van der Waals surface area contributed by atoms with Gasteiger partial charge in [-0.25, -0.2) is 0 Å². The number of aryl methyl sites for hydroxylation is 1. The fourth-order valence-corrected chi connectivity index (χ4v) is 3.36. The van der Waals surface area contributed by atoms with Crippen molar-refractivity contribution in [2.75, 3.05) is 31.2 Å². The third-order valence-electron chi connectivity index (χ3n) is 4.76. The Morgan fingerprint density at radius 2 is 1.89 bits per heavy atom. The van der Waals surface area contributed by atoms with Crippen LogP contribution in [0, 0.1) is 6.92 Å². The number of carbonyl (C=O) groups excluding carboxylic acids is 1. The Balaban J connectivity index is 1.72. The number of nitrogens with one attached hydrogen (secondary N) is 1. The number of halogens is 2. The van der Waals surface area contributed by atoms with Crippen molar-refractivity contribution < 1.29 is 23.0 Å². The number of carbonyl (C=O) groups is 1. The molecule has 1 amide bonds. The third kappa shape index (κ3) is 4.78. The fraction of sp³-hybridized carbons (Fsp3) is 0.381. The van der Waals surface area contributed by atoms with Crippen molar-refractivity contribution in [3.63, 3.8) is 0 Å². The van der Waals surface area contributed by atoms with E-state index in [2.05, 4.69) is 15.0 Å². The highest BCUT2D eigenvalue weighted by Gasteiger charge is 2.19. The first-order valence-corrected chi connectivity index (χ1v) is 9.23. The summed E-state index contributed by atoms with van der Waals surface area (Å²) in [6, 6.07) is 11.5. The van der Waals surface area contributed by atoms with E-state index in [4.69, 9.17) is 4.74 Å². The topological polar surface area (TPSA) is 50.8 Å². The summed E-state index contributed by atoms with van der Waals surface area (Å²) in [7, 11) is 0. The highest BCUT2D eigenvalue weighted by atomic mass is 19.3. The molecule has 2 aromatic carbocycles. The van der Waals surface area contributed by atoms with Gasteiger partial charge in [0.15, 0.2) is 0 Å². The molecule has 0 aromatic heterocycles. The Labute approximate surface area is 163 Å². The molecule has 1 N–H and O–H groups in total. The van der Waals surface area contributed by atoms with E-state index < -0.39 is 12.7 Å². The quantitative estimate of drug-likeness (QED) is 0.812. The number of alkyl halides is 2. The molecular formula is C21H24F2N2O3. The van der Waals surface area contributed by atoms with Crippen molar-refractivity contribution in [3.05, 3.63) is 59.2 Å². The summed E-state index contributed by atoms with van der Waals surface area (Å²) in [5.74, 6) is -0.208. The van der Waals surface area contributed by atoms with E-state index in [9.17, 15) is 13.6 Å². The Morgan fingerprint density at radius 1 is 1.18 bits per heavy atom. The monoisotopic (exact) mass is 390 g/mol. The molecule has 3 rings (SSSR count). The number of morpholine rings is 1. The number of nitrogens with zero attached hydrogens (tertiary/aromatic N) is 1. The molecule has 1 unspecified atom stereocenters. The Hall–Kier alpha value is -2.67. The van der Waals surface area contributed by atoms with Crippen molar-refractivity contribution in [2.24, 2.45) is 0 Å². The lowest BCUT2D eigenvalue weighted by Crippen LogP contribution is -2.36. The van der Waals surface area contributed by atoms with Gasteiger partial charge in [0.25, 0.3) is 5.91 Å². The van der Waals surface area contributed by atoms with Crippen LogP contribution in [-0.4, -0.2) is 38.8 Å². The summed E-state index contributed by atoms with van der Waals surface area (Å²) in [5, 5.41) is 2.85. The van der Waals surface area contributed by atoms with Gasteiger partial charge in [0.1, 0.15) is 5.75 Å². The maximum Gasteiger partial charge on any atom is 0.387 e. The van der Waals surface area contributed by atoms with E-state index in [1.165, 1.54) is 6.07 Å². The zero-order valence-electron chi connectivity index (χ0n) is 16.0. The molecule has 1 fully saturated rings. The molecule has 0 aliphatic carbocycles. The van der Waals surface area contributed by atoms with Crippen molar-refractivity contribution in [1.29, 1.82) is 0 Å². The van der Waals surface area contributed by atoms with Crippen LogP contribution < -0.4 is 15.0 Å². The molecule has 0 spiro atoms. The van der Waals surface area contributed by atoms with Gasteiger partial charge in [-0.15, -0.1) is 0 Å². The minimum absolute atomic E-state index is 0.0594. The van der Waals surface area contributed by atoms with Crippen LogP contribution in [0.4, 0.5) is 14.5 Å². The lowest BCUT2D eigenvalue weighted by molar-refractivity contribution is -0.0506. The largest absolute Gasteiger partial charge is 0.434 e. The van der Waals surface area contributed by atoms with Crippen molar-refractivity contribution in [3.8, 4) is 5.75 Å². The van der Waals surface area contributed by atoms with E-state index in [-0.39, 0.29) is 11.7 Å². The summed E-state index contributed by atoms with van der Waals surface area (Å²) in [4.78, 5) is 14.9. The first-order valence-electron chi connectivity index (χ1n) is 9.23. The second kappa shape index (κ2) is 9.01. The minimum atomic E-state index is -2.92. The Morgan fingerprint density at radius 3 is 2.57 bits per heavy atom. The zero-order chi connectivity index (χ0) is 20.1. The van der Waals surface area contributed by atoms with Gasteiger partial charge in [-0.2, -0.15) is 8.78 Å². The number of rotatable bonds is 6. The first-order chi connectivity index (χ1) is 13.5. The lowest BCUT2D eigenvalue weighted by Gasteiger charge is -2.30. The van der Waals surface area contributed by atoms with Gasteiger partial charge in [-0.05, 0) is 43.7 Å². The SMILES string of the molecule is Cc1cc(C(=O)NC(C)c2ccccc2OC(F)F)ccc1N1CCOCC1. The van der Waals surface area contributed by atoms with E-state index in [1.807, 2.05) is 19.1 Å². The van der Waals surface area contributed by atoms with Crippen LogP contribution >= 0.6 is 0 Å². The molecular weight excluding hydrogens is 366 g/mol. The van der Waals surface area contributed by atoms with Gasteiger partial charge in [0.2, 0.25) is 0 Å². The third-order valence-corrected chi connectivity index (χ3v) is 4.76. The average molecular weight is 390 g/mol. The molecule has 5 nitrogen and oxygen atoms in total. The summed E-state index contributed by atoms with van der Waals surface area (Å²) < 4.78 is 35.1. The zero-order valence-corrected chi connectivity index (χ0v) is 16.0. The van der Waals surface area contributed by atoms with Crippen molar-refractivity contribution in [1.82, 2.24) is 5.32 Å². The Bertz CT molecular complexity index is 823. The molecule has 0 radical (unpaired) electrons. The predicted molar refractivity (Wildman–Crippen MR) is 103 cm³/mol. The number of hydrogen-bond donors (Lipinski definition) is 1. The fourth-order valence-electron chi connectivity index (χ4n) is 3.36. The second-order valence-electron chi connectivity index (χ2n) is 6.71. The highest BCUT2D eigenvalue weighted by molar-refractivity contribution is 5.95. The molecule has 7 heteroatoms. The standard InChI is InChI=1S/C21H24F2N2O3/c1-14-13-16(7-8-18(14)25-9-11-27-12-10-25)20(26)24-15(2)17-5-3-4-6-19(17)28-21(22)23/h3-8,13,15,21H,9-12H2,1-2H3,(H,24,26). The number of amides is 1. The van der Waals surface area contributed by atoms with E-state index in [1.54, 1.807) is 31.2 Å². The normalized spacial score (nSPS) is 15.4. The molecule has 0 saturated carbocycles. The van der Waals surface area contributed by atoms with Crippen LogP contribution in [0.25, 0.3) is 0 Å². The van der Waals surface area contributed by atoms with Gasteiger partial charge in [0, 0.05) is 29.9 Å². The van der Waals surface area contributed by atoms with Crippen LogP contribution in [0.15, 0.2) is 42.5 Å². The molecule has 1 saturated heterocycles. The maximum atomic E-state index is 12.7. The summed E-state index contributed by atoms with van der Waals surface area (Å²) in [6.07, 6.45) is 0. The van der Waals surface area contributed by atoms with Crippen LogP contribution in [0.3, 0.4) is 0 Å². The van der Waals surface area contributed by atoms with E-state index >= 15 is 0 Å².